The fourth-order valence-electron chi connectivity index (χ4n) is 2.77. The number of esters is 1. The highest BCUT2D eigenvalue weighted by molar-refractivity contribution is 5.87. The smallest absolute Gasteiger partial charge is 0.304 e. The van der Waals surface area contributed by atoms with Crippen LogP contribution in [0.1, 0.15) is 18.9 Å². The molecule has 120 valence electrons. The Bertz CT molecular complexity index is 515. The minimum absolute atomic E-state index is 0.353. The quantitative estimate of drug-likeness (QED) is 0.735. The lowest BCUT2D eigenvalue weighted by molar-refractivity contribution is -0.168. The number of nitrogens with one attached hydrogen (secondary N) is 1. The number of benzene rings is 1. The summed E-state index contributed by atoms with van der Waals surface area (Å²) in [6.45, 7) is 5.59. The standard InChI is InChI=1S/C16H23N3O3/c1-13(20)22-16(15(17)21,14-5-3-2-4-6-14)7-10-19-11-8-18-9-12-19/h2-6,18H,7-12H2,1H3,(H2,17,21). The predicted octanol–water partition coefficient (Wildman–Crippen LogP) is 0.226. The van der Waals surface area contributed by atoms with Crippen LogP contribution in [-0.2, 0) is 19.9 Å². The minimum atomic E-state index is -1.40. The molecule has 0 radical (unpaired) electrons. The highest BCUT2D eigenvalue weighted by Gasteiger charge is 2.42. The Morgan fingerprint density at radius 2 is 1.91 bits per heavy atom. The Morgan fingerprint density at radius 1 is 1.27 bits per heavy atom. The number of piperazine rings is 1. The molecule has 0 spiro atoms. The normalized spacial score (nSPS) is 18.4. The summed E-state index contributed by atoms with van der Waals surface area (Å²) in [5.41, 5.74) is 4.83. The molecule has 1 heterocycles. The van der Waals surface area contributed by atoms with E-state index in [2.05, 4.69) is 10.2 Å². The SMILES string of the molecule is CC(=O)OC(CCN1CCNCC1)(C(N)=O)c1ccccc1. The van der Waals surface area contributed by atoms with Gasteiger partial charge in [-0.1, -0.05) is 30.3 Å². The summed E-state index contributed by atoms with van der Waals surface area (Å²) in [7, 11) is 0. The summed E-state index contributed by atoms with van der Waals surface area (Å²) in [4.78, 5) is 25.9. The Morgan fingerprint density at radius 3 is 2.45 bits per heavy atom. The van der Waals surface area contributed by atoms with Crippen LogP contribution < -0.4 is 11.1 Å². The predicted molar refractivity (Wildman–Crippen MR) is 83.0 cm³/mol. The molecule has 1 amide bonds. The first kappa shape index (κ1) is 16.5. The maximum absolute atomic E-state index is 12.1. The number of amides is 1. The second-order valence-corrected chi connectivity index (χ2v) is 5.49. The Kier molecular flexibility index (Phi) is 5.51. The van der Waals surface area contributed by atoms with E-state index in [4.69, 9.17) is 10.5 Å². The van der Waals surface area contributed by atoms with Crippen molar-refractivity contribution in [3.05, 3.63) is 35.9 Å². The van der Waals surface area contributed by atoms with Gasteiger partial charge in [-0.25, -0.2) is 0 Å². The van der Waals surface area contributed by atoms with Crippen LogP contribution in [0.2, 0.25) is 0 Å². The molecule has 1 aromatic carbocycles. The van der Waals surface area contributed by atoms with Gasteiger partial charge >= 0.3 is 5.97 Å². The number of primary amides is 1. The molecule has 1 atom stereocenters. The highest BCUT2D eigenvalue weighted by atomic mass is 16.6. The van der Waals surface area contributed by atoms with Crippen LogP contribution in [0.5, 0.6) is 0 Å². The molecule has 1 aliphatic heterocycles. The zero-order valence-corrected chi connectivity index (χ0v) is 12.9. The van der Waals surface area contributed by atoms with Crippen LogP contribution in [0.15, 0.2) is 30.3 Å². The van der Waals surface area contributed by atoms with Gasteiger partial charge in [0.1, 0.15) is 0 Å². The molecule has 0 aliphatic carbocycles. The van der Waals surface area contributed by atoms with Crippen molar-refractivity contribution < 1.29 is 14.3 Å². The van der Waals surface area contributed by atoms with Gasteiger partial charge in [-0.05, 0) is 0 Å². The van der Waals surface area contributed by atoms with E-state index in [9.17, 15) is 9.59 Å². The molecule has 0 aromatic heterocycles. The van der Waals surface area contributed by atoms with Crippen molar-refractivity contribution in [1.82, 2.24) is 10.2 Å². The van der Waals surface area contributed by atoms with E-state index in [1.54, 1.807) is 24.3 Å². The van der Waals surface area contributed by atoms with Crippen LogP contribution in [0.25, 0.3) is 0 Å². The Hall–Kier alpha value is -1.92. The molecule has 0 saturated carbocycles. The van der Waals surface area contributed by atoms with Gasteiger partial charge < -0.3 is 20.7 Å². The third-order valence-electron chi connectivity index (χ3n) is 3.95. The lowest BCUT2D eigenvalue weighted by Crippen LogP contribution is -2.49. The fraction of sp³-hybridized carbons (Fsp3) is 0.500. The number of nitrogens with zero attached hydrogens (tertiary/aromatic N) is 1. The lowest BCUT2D eigenvalue weighted by atomic mass is 9.89. The minimum Gasteiger partial charge on any atom is -0.444 e. The van der Waals surface area contributed by atoms with Crippen molar-refractivity contribution in [3.8, 4) is 0 Å². The first-order valence-corrected chi connectivity index (χ1v) is 7.53. The number of hydrogen-bond donors (Lipinski definition) is 2. The number of carbonyl (C=O) groups excluding carboxylic acids is 2. The number of ether oxygens (including phenoxy) is 1. The molecule has 3 N–H and O–H groups in total. The molecule has 1 unspecified atom stereocenters. The van der Waals surface area contributed by atoms with Gasteiger partial charge in [0, 0.05) is 51.6 Å². The average molecular weight is 305 g/mol. The zero-order chi connectivity index (χ0) is 16.0. The third-order valence-corrected chi connectivity index (χ3v) is 3.95. The lowest BCUT2D eigenvalue weighted by Gasteiger charge is -2.34. The molecule has 1 saturated heterocycles. The van der Waals surface area contributed by atoms with E-state index >= 15 is 0 Å². The summed E-state index contributed by atoms with van der Waals surface area (Å²) in [5, 5.41) is 3.28. The van der Waals surface area contributed by atoms with Gasteiger partial charge in [-0.2, -0.15) is 0 Å². The third kappa shape index (κ3) is 3.84. The van der Waals surface area contributed by atoms with Crippen molar-refractivity contribution in [1.29, 1.82) is 0 Å². The summed E-state index contributed by atoms with van der Waals surface area (Å²) in [6.07, 6.45) is 0.353. The zero-order valence-electron chi connectivity index (χ0n) is 12.9. The van der Waals surface area contributed by atoms with Crippen molar-refractivity contribution in [2.75, 3.05) is 32.7 Å². The van der Waals surface area contributed by atoms with Gasteiger partial charge in [0.2, 0.25) is 5.60 Å². The Balaban J connectivity index is 2.22. The van der Waals surface area contributed by atoms with E-state index in [1.807, 2.05) is 6.07 Å². The molecule has 1 fully saturated rings. The second kappa shape index (κ2) is 7.38. The fourth-order valence-corrected chi connectivity index (χ4v) is 2.77. The molecule has 1 aliphatic rings. The van der Waals surface area contributed by atoms with Crippen LogP contribution in [-0.4, -0.2) is 49.5 Å². The molecule has 6 heteroatoms. The number of nitrogens with two attached hydrogens (primary N) is 1. The van der Waals surface area contributed by atoms with E-state index in [0.29, 0.717) is 18.5 Å². The van der Waals surface area contributed by atoms with E-state index in [1.165, 1.54) is 6.92 Å². The maximum Gasteiger partial charge on any atom is 0.304 e. The molecular weight excluding hydrogens is 282 g/mol. The monoisotopic (exact) mass is 305 g/mol. The van der Waals surface area contributed by atoms with Crippen molar-refractivity contribution in [2.45, 2.75) is 18.9 Å². The molecule has 0 bridgehead atoms. The molecule has 2 rings (SSSR count). The summed E-state index contributed by atoms with van der Waals surface area (Å²) >= 11 is 0. The van der Waals surface area contributed by atoms with Gasteiger partial charge in [0.15, 0.2) is 0 Å². The van der Waals surface area contributed by atoms with Crippen LogP contribution in [0.4, 0.5) is 0 Å². The topological polar surface area (TPSA) is 84.7 Å². The van der Waals surface area contributed by atoms with Gasteiger partial charge in [0.25, 0.3) is 5.91 Å². The second-order valence-electron chi connectivity index (χ2n) is 5.49. The van der Waals surface area contributed by atoms with Crippen molar-refractivity contribution in [3.63, 3.8) is 0 Å². The highest BCUT2D eigenvalue weighted by Crippen LogP contribution is 2.30. The molecule has 22 heavy (non-hydrogen) atoms. The molecular formula is C16H23N3O3. The summed E-state index contributed by atoms with van der Waals surface area (Å²) < 4.78 is 5.42. The molecule has 6 nitrogen and oxygen atoms in total. The summed E-state index contributed by atoms with van der Waals surface area (Å²) in [5.74, 6) is -1.15. The number of carbonyl (C=O) groups is 2. The van der Waals surface area contributed by atoms with Crippen LogP contribution >= 0.6 is 0 Å². The first-order chi connectivity index (χ1) is 10.5. The van der Waals surface area contributed by atoms with Crippen LogP contribution in [0, 0.1) is 0 Å². The molecule has 1 aromatic rings. The Labute approximate surface area is 130 Å². The van der Waals surface area contributed by atoms with E-state index in [-0.39, 0.29) is 0 Å². The number of hydrogen-bond acceptors (Lipinski definition) is 5. The van der Waals surface area contributed by atoms with Gasteiger partial charge in [-0.3, -0.25) is 9.59 Å². The maximum atomic E-state index is 12.1. The van der Waals surface area contributed by atoms with Crippen molar-refractivity contribution >= 4 is 11.9 Å². The first-order valence-electron chi connectivity index (χ1n) is 7.53. The van der Waals surface area contributed by atoms with Crippen molar-refractivity contribution in [2.24, 2.45) is 5.73 Å². The van der Waals surface area contributed by atoms with Gasteiger partial charge in [0.05, 0.1) is 0 Å². The largest absolute Gasteiger partial charge is 0.444 e. The van der Waals surface area contributed by atoms with Gasteiger partial charge in [-0.15, -0.1) is 0 Å². The van der Waals surface area contributed by atoms with Crippen LogP contribution in [0.3, 0.4) is 0 Å². The summed E-state index contributed by atoms with van der Waals surface area (Å²) in [6, 6.07) is 9.00. The number of rotatable bonds is 6. The van der Waals surface area contributed by atoms with E-state index < -0.39 is 17.5 Å². The van der Waals surface area contributed by atoms with E-state index in [0.717, 1.165) is 26.2 Å². The average Bonchev–Trinajstić information content (AvgIpc) is 2.52.